The van der Waals surface area contributed by atoms with Crippen LogP contribution in [0, 0.1) is 12.7 Å². The Balaban J connectivity index is 1.93. The molecule has 3 aromatic rings. The first-order valence-corrected chi connectivity index (χ1v) is 9.12. The molecule has 1 N–H and O–H groups in total. The van der Waals surface area contributed by atoms with Crippen molar-refractivity contribution < 1.29 is 18.8 Å². The molecule has 29 heavy (non-hydrogen) atoms. The molecular weight excluding hydrogens is 375 g/mol. The minimum absolute atomic E-state index is 0.128. The summed E-state index contributed by atoms with van der Waals surface area (Å²) in [6.07, 6.45) is 1.30. The maximum absolute atomic E-state index is 13.4. The van der Waals surface area contributed by atoms with Crippen LogP contribution in [0.15, 0.2) is 65.6 Å². The maximum atomic E-state index is 13.4. The molecule has 2 aromatic carbocycles. The summed E-state index contributed by atoms with van der Waals surface area (Å²) in [5.41, 5.74) is 1.99. The molecule has 0 saturated heterocycles. The highest BCUT2D eigenvalue weighted by Crippen LogP contribution is 2.23. The number of aromatic nitrogens is 1. The predicted octanol–water partition coefficient (Wildman–Crippen LogP) is 3.84. The number of halogens is 1. The van der Waals surface area contributed by atoms with E-state index in [1.165, 1.54) is 30.5 Å². The number of nitrogens with zero attached hydrogens (tertiary/aromatic N) is 1. The number of aryl methyl sites for hydroxylation is 1. The molecule has 3 rings (SSSR count). The van der Waals surface area contributed by atoms with E-state index in [1.54, 1.807) is 13.8 Å². The molecule has 1 aromatic heterocycles. The molecule has 0 bridgehead atoms. The van der Waals surface area contributed by atoms with E-state index in [2.05, 4.69) is 5.32 Å². The summed E-state index contributed by atoms with van der Waals surface area (Å²) < 4.78 is 19.5. The second-order valence-corrected chi connectivity index (χ2v) is 6.33. The first-order chi connectivity index (χ1) is 14.0. The Bertz CT molecular complexity index is 1060. The fourth-order valence-electron chi connectivity index (χ4n) is 2.72. The number of nitrogens with one attached hydrogen (secondary N) is 1. The van der Waals surface area contributed by atoms with Gasteiger partial charge in [0.2, 0.25) is 0 Å². The molecule has 1 heterocycles. The highest BCUT2D eigenvalue weighted by atomic mass is 19.1. The molecule has 0 saturated carbocycles. The van der Waals surface area contributed by atoms with Crippen molar-refractivity contribution in [3.63, 3.8) is 0 Å². The van der Waals surface area contributed by atoms with Crippen LogP contribution in [0.3, 0.4) is 0 Å². The lowest BCUT2D eigenvalue weighted by atomic mass is 10.1. The Morgan fingerprint density at radius 2 is 1.86 bits per heavy atom. The van der Waals surface area contributed by atoms with E-state index in [1.807, 2.05) is 30.3 Å². The van der Waals surface area contributed by atoms with Crippen molar-refractivity contribution in [2.45, 2.75) is 20.5 Å². The smallest absolute Gasteiger partial charge is 0.341 e. The third-order valence-electron chi connectivity index (χ3n) is 4.19. The minimum atomic E-state index is -0.605. The molecule has 150 valence electrons. The summed E-state index contributed by atoms with van der Waals surface area (Å²) in [6.45, 7) is 3.75. The minimum Gasteiger partial charge on any atom is -0.462 e. The Kier molecular flexibility index (Phi) is 6.29. The maximum Gasteiger partial charge on any atom is 0.341 e. The van der Waals surface area contributed by atoms with Gasteiger partial charge in [-0.15, -0.1) is 0 Å². The third kappa shape index (κ3) is 5.01. The van der Waals surface area contributed by atoms with Gasteiger partial charge in [-0.2, -0.15) is 4.73 Å². The van der Waals surface area contributed by atoms with Gasteiger partial charge >= 0.3 is 5.97 Å². The lowest BCUT2D eigenvalue weighted by molar-refractivity contribution is 0.0514. The van der Waals surface area contributed by atoms with Crippen LogP contribution in [-0.2, 0) is 11.3 Å². The first-order valence-electron chi connectivity index (χ1n) is 9.12. The van der Waals surface area contributed by atoms with Gasteiger partial charge < -0.3 is 14.9 Å². The zero-order chi connectivity index (χ0) is 20.8. The molecular formula is C22H21FN2O4. The number of rotatable bonds is 7. The van der Waals surface area contributed by atoms with Crippen molar-refractivity contribution in [3.8, 4) is 0 Å². The number of ether oxygens (including phenoxy) is 1. The topological polar surface area (TPSA) is 69.6 Å². The lowest BCUT2D eigenvalue weighted by Crippen LogP contribution is -2.28. The van der Waals surface area contributed by atoms with E-state index in [4.69, 9.17) is 9.57 Å². The van der Waals surface area contributed by atoms with Gasteiger partial charge in [-0.1, -0.05) is 30.3 Å². The normalized spacial score (nSPS) is 10.4. The highest BCUT2D eigenvalue weighted by molar-refractivity contribution is 5.96. The molecule has 0 aliphatic rings. The van der Waals surface area contributed by atoms with Gasteiger partial charge in [0, 0.05) is 11.8 Å². The molecule has 0 fully saturated rings. The largest absolute Gasteiger partial charge is 0.462 e. The number of carbonyl (C=O) groups excluding carboxylic acids is 1. The Morgan fingerprint density at radius 1 is 1.10 bits per heavy atom. The number of carbonyl (C=O) groups is 1. The quantitative estimate of drug-likeness (QED) is 0.615. The van der Waals surface area contributed by atoms with Crippen LogP contribution >= 0.6 is 0 Å². The average Bonchev–Trinajstić information content (AvgIpc) is 2.70. The summed E-state index contributed by atoms with van der Waals surface area (Å²) in [5, 5.41) is 3.01. The van der Waals surface area contributed by atoms with Crippen LogP contribution < -0.4 is 15.7 Å². The fourth-order valence-corrected chi connectivity index (χ4v) is 2.72. The van der Waals surface area contributed by atoms with Crippen molar-refractivity contribution >= 4 is 17.3 Å². The van der Waals surface area contributed by atoms with Gasteiger partial charge in [0.15, 0.2) is 0 Å². The highest BCUT2D eigenvalue weighted by Gasteiger charge is 2.17. The predicted molar refractivity (Wildman–Crippen MR) is 108 cm³/mol. The summed E-state index contributed by atoms with van der Waals surface area (Å²) in [6, 6.07) is 14.8. The Hall–Kier alpha value is -3.61. The number of hydrogen-bond donors (Lipinski definition) is 1. The number of benzene rings is 2. The van der Waals surface area contributed by atoms with E-state index in [-0.39, 0.29) is 30.3 Å². The SMILES string of the molecule is CCOC(=O)c1cn(OCc2ccccc2)c(=O)cc1Nc1ccc(F)cc1C. The van der Waals surface area contributed by atoms with Gasteiger partial charge in [0.25, 0.3) is 5.56 Å². The van der Waals surface area contributed by atoms with Crippen LogP contribution in [0.5, 0.6) is 0 Å². The van der Waals surface area contributed by atoms with E-state index in [0.717, 1.165) is 10.3 Å². The van der Waals surface area contributed by atoms with Crippen molar-refractivity contribution in [2.24, 2.45) is 0 Å². The second kappa shape index (κ2) is 9.05. The number of esters is 1. The van der Waals surface area contributed by atoms with Crippen LogP contribution in [0.1, 0.15) is 28.4 Å². The van der Waals surface area contributed by atoms with E-state index in [9.17, 15) is 14.0 Å². The van der Waals surface area contributed by atoms with E-state index >= 15 is 0 Å². The van der Waals surface area contributed by atoms with Crippen LogP contribution in [0.25, 0.3) is 0 Å². The van der Waals surface area contributed by atoms with E-state index in [0.29, 0.717) is 11.3 Å². The monoisotopic (exact) mass is 396 g/mol. The molecule has 0 radical (unpaired) electrons. The molecule has 0 amide bonds. The van der Waals surface area contributed by atoms with Gasteiger partial charge in [-0.3, -0.25) is 4.79 Å². The number of hydrogen-bond acceptors (Lipinski definition) is 5. The van der Waals surface area contributed by atoms with Crippen molar-refractivity contribution in [1.29, 1.82) is 0 Å². The number of anilines is 2. The van der Waals surface area contributed by atoms with Gasteiger partial charge in [0.05, 0.1) is 18.5 Å². The molecule has 0 aliphatic heterocycles. The van der Waals surface area contributed by atoms with Gasteiger partial charge in [0.1, 0.15) is 18.0 Å². The van der Waals surface area contributed by atoms with E-state index < -0.39 is 11.5 Å². The third-order valence-corrected chi connectivity index (χ3v) is 4.19. The lowest BCUT2D eigenvalue weighted by Gasteiger charge is -2.15. The van der Waals surface area contributed by atoms with Crippen LogP contribution in [0.2, 0.25) is 0 Å². The van der Waals surface area contributed by atoms with Crippen molar-refractivity contribution in [2.75, 3.05) is 11.9 Å². The zero-order valence-corrected chi connectivity index (χ0v) is 16.1. The molecule has 0 unspecified atom stereocenters. The number of pyridine rings is 1. The van der Waals surface area contributed by atoms with Crippen molar-refractivity contribution in [3.05, 3.63) is 93.7 Å². The van der Waals surface area contributed by atoms with Gasteiger partial charge in [-0.05, 0) is 43.2 Å². The van der Waals surface area contributed by atoms with Crippen LogP contribution in [0.4, 0.5) is 15.8 Å². The fraction of sp³-hybridized carbons (Fsp3) is 0.182. The summed E-state index contributed by atoms with van der Waals surface area (Å²) in [4.78, 5) is 30.5. The molecule has 0 aliphatic carbocycles. The molecule has 0 atom stereocenters. The van der Waals surface area contributed by atoms with Crippen molar-refractivity contribution in [1.82, 2.24) is 4.73 Å². The zero-order valence-electron chi connectivity index (χ0n) is 16.1. The summed E-state index contributed by atoms with van der Waals surface area (Å²) >= 11 is 0. The van der Waals surface area contributed by atoms with Gasteiger partial charge in [-0.25, -0.2) is 9.18 Å². The second-order valence-electron chi connectivity index (χ2n) is 6.33. The molecule has 7 heteroatoms. The van der Waals surface area contributed by atoms with Crippen LogP contribution in [-0.4, -0.2) is 17.3 Å². The molecule has 0 spiro atoms. The average molecular weight is 396 g/mol. The Morgan fingerprint density at radius 3 is 2.55 bits per heavy atom. The molecule has 6 nitrogen and oxygen atoms in total. The first kappa shape index (κ1) is 20.1. The summed E-state index contributed by atoms with van der Waals surface area (Å²) in [5.74, 6) is -0.977. The summed E-state index contributed by atoms with van der Waals surface area (Å²) in [7, 11) is 0. The Labute approximate surface area is 167 Å². The standard InChI is InChI=1S/C22H21FN2O4/c1-3-28-22(27)18-13-25(29-14-16-7-5-4-6-8-16)21(26)12-20(18)24-19-10-9-17(23)11-15(19)2/h4-13,24H,3,14H2,1-2H3.